The van der Waals surface area contributed by atoms with Gasteiger partial charge in [-0.05, 0) is 36.4 Å². The molecule has 2 aromatic heterocycles. The predicted octanol–water partition coefficient (Wildman–Crippen LogP) is 1.31. The Morgan fingerprint density at radius 2 is 1.80 bits per heavy atom. The third-order valence-corrected chi connectivity index (χ3v) is 5.83. The van der Waals surface area contributed by atoms with Crippen LogP contribution in [0.4, 0.5) is 19.1 Å². The van der Waals surface area contributed by atoms with Crippen molar-refractivity contribution in [3.63, 3.8) is 0 Å². The van der Waals surface area contributed by atoms with E-state index in [1.165, 1.54) is 24.6 Å². The van der Waals surface area contributed by atoms with Crippen LogP contribution >= 0.6 is 11.8 Å². The van der Waals surface area contributed by atoms with Gasteiger partial charge in [-0.25, -0.2) is 19.7 Å². The first-order valence-electron chi connectivity index (χ1n) is 9.34. The molecule has 3 fully saturated rings. The Morgan fingerprint density at radius 1 is 1.13 bits per heavy atom. The lowest BCUT2D eigenvalue weighted by Gasteiger charge is -2.16. The lowest BCUT2D eigenvalue weighted by atomic mass is 10.0. The molecule has 1 aliphatic carbocycles. The summed E-state index contributed by atoms with van der Waals surface area (Å²) in [6.45, 7) is 4.26. The van der Waals surface area contributed by atoms with E-state index in [9.17, 15) is 13.2 Å². The van der Waals surface area contributed by atoms with E-state index in [0.717, 1.165) is 49.8 Å². The number of carboxylic acids is 1. The van der Waals surface area contributed by atoms with E-state index in [-0.39, 0.29) is 0 Å². The molecule has 14 heteroatoms. The van der Waals surface area contributed by atoms with Crippen molar-refractivity contribution in [2.45, 2.75) is 35.2 Å². The summed E-state index contributed by atoms with van der Waals surface area (Å²) in [7, 11) is 0. The number of carbonyl (C=O) groups is 1. The third-order valence-electron chi connectivity index (χ3n) is 5.08. The smallest absolute Gasteiger partial charge is 0.475 e. The molecule has 5 rings (SSSR count). The van der Waals surface area contributed by atoms with Crippen LogP contribution in [-0.2, 0) is 4.79 Å². The lowest BCUT2D eigenvalue weighted by Crippen LogP contribution is -2.27. The number of halogens is 3. The Bertz CT molecular complexity index is 895. The molecule has 0 unspecified atom stereocenters. The Balaban J connectivity index is 0.000000272. The van der Waals surface area contributed by atoms with E-state index in [4.69, 9.17) is 9.90 Å². The summed E-state index contributed by atoms with van der Waals surface area (Å²) in [6.07, 6.45) is -1.08. The molecule has 2 atom stereocenters. The first-order chi connectivity index (χ1) is 14.3. The number of aromatic nitrogens is 6. The van der Waals surface area contributed by atoms with Crippen molar-refractivity contribution in [1.29, 1.82) is 0 Å². The van der Waals surface area contributed by atoms with Crippen LogP contribution < -0.4 is 10.2 Å². The van der Waals surface area contributed by atoms with E-state index in [1.807, 2.05) is 0 Å². The molecular formula is C16H19F3N8O2S. The van der Waals surface area contributed by atoms with Crippen molar-refractivity contribution in [3.05, 3.63) is 12.2 Å². The van der Waals surface area contributed by atoms with Crippen molar-refractivity contribution >= 4 is 23.7 Å². The quantitative estimate of drug-likeness (QED) is 0.634. The summed E-state index contributed by atoms with van der Waals surface area (Å²) in [5, 5.41) is 19.2. The topological polar surface area (TPSA) is 133 Å². The maximum absolute atomic E-state index is 10.6. The standard InChI is InChI=1S/C14H18N8S.C2HF3O2/c1-2-8(1)11-18-14(21-20-11)23-13-17-7-16-12(19-13)22-5-9-3-15-4-10(9)6-22;3-2(4,5)1(6)7/h7-10,15H,1-6H2,(H,18,20,21);(H,6,7)/t9-,10+;. The van der Waals surface area contributed by atoms with Gasteiger partial charge in [0, 0.05) is 32.1 Å². The van der Waals surface area contributed by atoms with Crippen LogP contribution in [0.5, 0.6) is 0 Å². The Morgan fingerprint density at radius 3 is 2.40 bits per heavy atom. The summed E-state index contributed by atoms with van der Waals surface area (Å²) in [5.41, 5.74) is 0. The Labute approximate surface area is 173 Å². The van der Waals surface area contributed by atoms with Crippen molar-refractivity contribution in [3.8, 4) is 0 Å². The fourth-order valence-electron chi connectivity index (χ4n) is 3.42. The second-order valence-electron chi connectivity index (χ2n) is 7.33. The predicted molar refractivity (Wildman–Crippen MR) is 98.1 cm³/mol. The van der Waals surface area contributed by atoms with Crippen molar-refractivity contribution in [1.82, 2.24) is 35.5 Å². The van der Waals surface area contributed by atoms with Crippen LogP contribution in [-0.4, -0.2) is 73.6 Å². The molecule has 162 valence electrons. The highest BCUT2D eigenvalue weighted by molar-refractivity contribution is 7.99. The average Bonchev–Trinajstić information content (AvgIpc) is 3.08. The van der Waals surface area contributed by atoms with Gasteiger partial charge in [0.05, 0.1) is 0 Å². The monoisotopic (exact) mass is 444 g/mol. The zero-order valence-corrected chi connectivity index (χ0v) is 16.4. The molecule has 2 saturated heterocycles. The van der Waals surface area contributed by atoms with Crippen molar-refractivity contribution in [2.75, 3.05) is 31.1 Å². The summed E-state index contributed by atoms with van der Waals surface area (Å²) in [5.74, 6) is 1.02. The van der Waals surface area contributed by atoms with Gasteiger partial charge in [0.2, 0.25) is 11.1 Å². The highest BCUT2D eigenvalue weighted by atomic mass is 32.2. The highest BCUT2D eigenvalue weighted by Crippen LogP contribution is 2.38. The van der Waals surface area contributed by atoms with Crippen LogP contribution in [0.1, 0.15) is 24.6 Å². The van der Waals surface area contributed by atoms with Gasteiger partial charge in [0.15, 0.2) is 5.16 Å². The highest BCUT2D eigenvalue weighted by Gasteiger charge is 2.38. The normalized spacial score (nSPS) is 23.1. The molecule has 2 aromatic rings. The minimum absolute atomic E-state index is 0.573. The Kier molecular flexibility index (Phi) is 5.77. The molecule has 3 N–H and O–H groups in total. The number of aliphatic carboxylic acids is 1. The van der Waals surface area contributed by atoms with Gasteiger partial charge in [-0.2, -0.15) is 18.2 Å². The van der Waals surface area contributed by atoms with Gasteiger partial charge in [0.25, 0.3) is 0 Å². The number of alkyl halides is 3. The molecule has 4 heterocycles. The zero-order valence-electron chi connectivity index (χ0n) is 15.6. The summed E-state index contributed by atoms with van der Waals surface area (Å²) < 4.78 is 31.7. The molecule has 0 bridgehead atoms. The maximum Gasteiger partial charge on any atom is 0.490 e. The molecule has 10 nitrogen and oxygen atoms in total. The van der Waals surface area contributed by atoms with Gasteiger partial charge < -0.3 is 15.3 Å². The minimum Gasteiger partial charge on any atom is -0.475 e. The molecular weight excluding hydrogens is 425 g/mol. The van der Waals surface area contributed by atoms with Crippen molar-refractivity contribution < 1.29 is 23.1 Å². The fraction of sp³-hybridized carbons (Fsp3) is 0.625. The Hall–Kier alpha value is -2.48. The summed E-state index contributed by atoms with van der Waals surface area (Å²) in [6, 6.07) is 0. The van der Waals surface area contributed by atoms with E-state index in [1.54, 1.807) is 6.33 Å². The van der Waals surface area contributed by atoms with E-state index >= 15 is 0 Å². The molecule has 0 radical (unpaired) electrons. The van der Waals surface area contributed by atoms with Crippen LogP contribution in [0.25, 0.3) is 0 Å². The summed E-state index contributed by atoms with van der Waals surface area (Å²) in [4.78, 5) is 28.9. The number of hydrogen-bond acceptors (Lipinski definition) is 9. The molecule has 0 aromatic carbocycles. The van der Waals surface area contributed by atoms with Gasteiger partial charge in [-0.3, -0.25) is 5.10 Å². The van der Waals surface area contributed by atoms with Crippen LogP contribution in [0, 0.1) is 11.8 Å². The average molecular weight is 444 g/mol. The second kappa shape index (κ2) is 8.34. The van der Waals surface area contributed by atoms with Crippen molar-refractivity contribution in [2.24, 2.45) is 11.8 Å². The van der Waals surface area contributed by atoms with Gasteiger partial charge in [-0.15, -0.1) is 5.10 Å². The largest absolute Gasteiger partial charge is 0.490 e. The zero-order chi connectivity index (χ0) is 21.3. The maximum atomic E-state index is 10.6. The van der Waals surface area contributed by atoms with Gasteiger partial charge in [0.1, 0.15) is 12.2 Å². The first-order valence-corrected chi connectivity index (χ1v) is 10.2. The van der Waals surface area contributed by atoms with E-state index < -0.39 is 12.1 Å². The molecule has 3 aliphatic rings. The second-order valence-corrected chi connectivity index (χ2v) is 8.27. The molecule has 0 amide bonds. The number of anilines is 1. The number of nitrogens with one attached hydrogen (secondary N) is 2. The minimum atomic E-state index is -5.08. The molecule has 1 saturated carbocycles. The fourth-order valence-corrected chi connectivity index (χ4v) is 4.04. The van der Waals surface area contributed by atoms with Crippen LogP contribution in [0.2, 0.25) is 0 Å². The van der Waals surface area contributed by atoms with Crippen LogP contribution in [0.3, 0.4) is 0 Å². The molecule has 2 aliphatic heterocycles. The third kappa shape index (κ3) is 4.98. The van der Waals surface area contributed by atoms with E-state index in [2.05, 4.69) is 40.3 Å². The summed E-state index contributed by atoms with van der Waals surface area (Å²) >= 11 is 1.39. The number of fused-ring (bicyclic) bond motifs is 1. The van der Waals surface area contributed by atoms with Gasteiger partial charge >= 0.3 is 12.1 Å². The number of aromatic amines is 1. The lowest BCUT2D eigenvalue weighted by molar-refractivity contribution is -0.192. The SMILES string of the molecule is O=C(O)C(F)(F)F.c1nc(Sc2n[nH]c(C3CC3)n2)nc(N2C[C@H]3CNC[C@H]3C2)n1. The first kappa shape index (κ1) is 20.8. The number of rotatable bonds is 4. The number of carboxylic acid groups (broad SMARTS) is 1. The molecule has 0 spiro atoms. The molecule has 30 heavy (non-hydrogen) atoms. The van der Waals surface area contributed by atoms with E-state index in [0.29, 0.717) is 16.2 Å². The number of nitrogens with zero attached hydrogens (tertiary/aromatic N) is 6. The number of hydrogen-bond donors (Lipinski definition) is 3. The van der Waals surface area contributed by atoms with Crippen LogP contribution in [0.15, 0.2) is 16.6 Å². The van der Waals surface area contributed by atoms with Gasteiger partial charge in [-0.1, -0.05) is 0 Å². The number of H-pyrrole nitrogens is 1.